The summed E-state index contributed by atoms with van der Waals surface area (Å²) in [6.45, 7) is 6.11. The average molecular weight is 471 g/mol. The van der Waals surface area contributed by atoms with E-state index in [0.29, 0.717) is 11.8 Å². The van der Waals surface area contributed by atoms with Gasteiger partial charge in [0.2, 0.25) is 0 Å². The summed E-state index contributed by atoms with van der Waals surface area (Å²) in [4.78, 5) is 13.1. The largest absolute Gasteiger partial charge is 0.486 e. The molecule has 0 heterocycles. The van der Waals surface area contributed by atoms with Crippen molar-refractivity contribution < 1.29 is 18.7 Å². The van der Waals surface area contributed by atoms with E-state index in [0.717, 1.165) is 37.0 Å². The second-order valence-corrected chi connectivity index (χ2v) is 11.1. The van der Waals surface area contributed by atoms with Crippen molar-refractivity contribution >= 4 is 5.97 Å². The molecule has 3 nitrogen and oxygen atoms in total. The molecule has 4 rings (SSSR count). The molecule has 0 radical (unpaired) electrons. The predicted molar refractivity (Wildman–Crippen MR) is 134 cm³/mol. The maximum atomic E-state index is 14.3. The van der Waals surface area contributed by atoms with Gasteiger partial charge >= 0.3 is 5.97 Å². The van der Waals surface area contributed by atoms with E-state index in [1.165, 1.54) is 76.3 Å². The van der Waals surface area contributed by atoms with Crippen LogP contribution in [0.5, 0.6) is 11.5 Å². The molecule has 1 aromatic rings. The maximum absolute atomic E-state index is 14.3. The number of ether oxygens (including phenoxy) is 2. The van der Waals surface area contributed by atoms with E-state index in [4.69, 9.17) is 9.47 Å². The van der Waals surface area contributed by atoms with Gasteiger partial charge in [-0.25, -0.2) is 4.39 Å². The summed E-state index contributed by atoms with van der Waals surface area (Å²) < 4.78 is 25.2. The van der Waals surface area contributed by atoms with Crippen molar-refractivity contribution in [3.63, 3.8) is 0 Å². The molecule has 0 amide bonds. The Morgan fingerprint density at radius 3 is 2.59 bits per heavy atom. The van der Waals surface area contributed by atoms with Gasteiger partial charge in [-0.2, -0.15) is 0 Å². The number of carbonyl (C=O) groups is 1. The zero-order chi connectivity index (χ0) is 23.9. The number of carbonyl (C=O) groups excluding carboxylic acids is 1. The standard InChI is InChI=1S/C30H43FO3/c1-3-5-7-21-10-12-22(13-11-21)23-14-16-26-24(19-23)8-6-9-27(26)30(32)34-25-15-17-29(28(31)20-25)33-18-4-2/h4,15,17,20-24,26-27H,2-3,5-14,16,18-19H2,1H3. The molecule has 0 spiro atoms. The number of fused-ring (bicyclic) bond motifs is 1. The number of hydrogen-bond donors (Lipinski definition) is 0. The number of benzene rings is 1. The van der Waals surface area contributed by atoms with Crippen molar-refractivity contribution in [2.24, 2.45) is 35.5 Å². The minimum atomic E-state index is -0.515. The first-order valence-corrected chi connectivity index (χ1v) is 13.8. The number of esters is 1. The van der Waals surface area contributed by atoms with Crippen LogP contribution in [-0.2, 0) is 4.79 Å². The third-order valence-electron chi connectivity index (χ3n) is 8.99. The lowest BCUT2D eigenvalue weighted by atomic mass is 9.59. The fraction of sp³-hybridized carbons (Fsp3) is 0.700. The Morgan fingerprint density at radius 1 is 1.06 bits per heavy atom. The fourth-order valence-electron chi connectivity index (χ4n) is 7.16. The van der Waals surface area contributed by atoms with Crippen LogP contribution in [0.25, 0.3) is 0 Å². The Kier molecular flexibility index (Phi) is 9.08. The molecule has 3 aliphatic rings. The number of unbranched alkanes of at least 4 members (excludes halogenated alkanes) is 1. The van der Waals surface area contributed by atoms with Gasteiger partial charge in [0.1, 0.15) is 12.4 Å². The minimum absolute atomic E-state index is 0.0516. The second kappa shape index (κ2) is 12.2. The molecule has 1 aromatic carbocycles. The van der Waals surface area contributed by atoms with Crippen molar-refractivity contribution in [1.29, 1.82) is 0 Å². The highest BCUT2D eigenvalue weighted by molar-refractivity contribution is 5.75. The zero-order valence-electron chi connectivity index (χ0n) is 21.0. The van der Waals surface area contributed by atoms with Crippen molar-refractivity contribution in [2.45, 2.75) is 90.4 Å². The molecule has 0 aromatic heterocycles. The van der Waals surface area contributed by atoms with Crippen LogP contribution >= 0.6 is 0 Å². The normalized spacial score (nSPS) is 31.4. The Hall–Kier alpha value is -1.84. The maximum Gasteiger partial charge on any atom is 0.314 e. The van der Waals surface area contributed by atoms with Gasteiger partial charge in [-0.05, 0) is 80.2 Å². The van der Waals surface area contributed by atoms with Crippen LogP contribution in [0.4, 0.5) is 4.39 Å². The molecular formula is C30H43FO3. The molecule has 0 saturated heterocycles. The third-order valence-corrected chi connectivity index (χ3v) is 8.99. The van der Waals surface area contributed by atoms with Crippen LogP contribution in [0.3, 0.4) is 0 Å². The summed E-state index contributed by atoms with van der Waals surface area (Å²) in [5.74, 6) is 3.46. The van der Waals surface area contributed by atoms with Crippen molar-refractivity contribution in [2.75, 3.05) is 6.61 Å². The van der Waals surface area contributed by atoms with E-state index in [1.54, 1.807) is 12.1 Å². The summed E-state index contributed by atoms with van der Waals surface area (Å²) in [6.07, 6.45) is 18.3. The Labute approximate surface area is 205 Å². The Morgan fingerprint density at radius 2 is 1.85 bits per heavy atom. The lowest BCUT2D eigenvalue weighted by Crippen LogP contribution is -2.40. The highest BCUT2D eigenvalue weighted by atomic mass is 19.1. The molecule has 3 fully saturated rings. The zero-order valence-corrected chi connectivity index (χ0v) is 21.0. The number of hydrogen-bond acceptors (Lipinski definition) is 3. The smallest absolute Gasteiger partial charge is 0.314 e. The van der Waals surface area contributed by atoms with E-state index in [9.17, 15) is 9.18 Å². The summed E-state index contributed by atoms with van der Waals surface area (Å²) in [5.41, 5.74) is 0. The van der Waals surface area contributed by atoms with Gasteiger partial charge in [-0.1, -0.05) is 64.5 Å². The fourth-order valence-corrected chi connectivity index (χ4v) is 7.16. The van der Waals surface area contributed by atoms with Crippen LogP contribution in [0.2, 0.25) is 0 Å². The third kappa shape index (κ3) is 6.23. The highest BCUT2D eigenvalue weighted by Gasteiger charge is 2.43. The van der Waals surface area contributed by atoms with Gasteiger partial charge in [0.25, 0.3) is 0 Å². The Bertz CT molecular complexity index is 813. The second-order valence-electron chi connectivity index (χ2n) is 11.1. The SMILES string of the molecule is C=CCOc1ccc(OC(=O)C2CCCC3CC(C4CCC(CCCC)CC4)CCC32)cc1F. The lowest BCUT2D eigenvalue weighted by Gasteiger charge is -2.46. The summed E-state index contributed by atoms with van der Waals surface area (Å²) in [6, 6.07) is 4.39. The predicted octanol–water partition coefficient (Wildman–Crippen LogP) is 8.13. The summed E-state index contributed by atoms with van der Waals surface area (Å²) >= 11 is 0. The molecule has 3 saturated carbocycles. The van der Waals surface area contributed by atoms with Gasteiger partial charge in [-0.15, -0.1) is 0 Å². The molecule has 34 heavy (non-hydrogen) atoms. The molecule has 4 atom stereocenters. The highest BCUT2D eigenvalue weighted by Crippen LogP contribution is 2.50. The van der Waals surface area contributed by atoms with Crippen molar-refractivity contribution in [3.8, 4) is 11.5 Å². The molecule has 0 aliphatic heterocycles. The Balaban J connectivity index is 1.30. The van der Waals surface area contributed by atoms with Crippen LogP contribution in [0, 0.1) is 41.3 Å². The van der Waals surface area contributed by atoms with Gasteiger partial charge < -0.3 is 9.47 Å². The molecule has 4 heteroatoms. The number of rotatable bonds is 9. The lowest BCUT2D eigenvalue weighted by molar-refractivity contribution is -0.144. The average Bonchev–Trinajstić information content (AvgIpc) is 2.86. The van der Waals surface area contributed by atoms with E-state index < -0.39 is 5.82 Å². The minimum Gasteiger partial charge on any atom is -0.486 e. The van der Waals surface area contributed by atoms with Gasteiger partial charge in [0.15, 0.2) is 11.6 Å². The van der Waals surface area contributed by atoms with E-state index in [-0.39, 0.29) is 30.0 Å². The first kappa shape index (κ1) is 25.3. The molecule has 188 valence electrons. The first-order valence-electron chi connectivity index (χ1n) is 13.8. The monoisotopic (exact) mass is 470 g/mol. The molecule has 4 unspecified atom stereocenters. The van der Waals surface area contributed by atoms with Crippen LogP contribution in [-0.4, -0.2) is 12.6 Å². The van der Waals surface area contributed by atoms with E-state index in [1.807, 2.05) is 0 Å². The van der Waals surface area contributed by atoms with Crippen molar-refractivity contribution in [3.05, 3.63) is 36.7 Å². The molecule has 0 N–H and O–H groups in total. The summed E-state index contributed by atoms with van der Waals surface area (Å²) in [7, 11) is 0. The van der Waals surface area contributed by atoms with Gasteiger partial charge in [0, 0.05) is 6.07 Å². The van der Waals surface area contributed by atoms with Gasteiger partial charge in [0.05, 0.1) is 5.92 Å². The first-order chi connectivity index (χ1) is 16.6. The van der Waals surface area contributed by atoms with E-state index in [2.05, 4.69) is 13.5 Å². The molecule has 0 bridgehead atoms. The molecular weight excluding hydrogens is 427 g/mol. The topological polar surface area (TPSA) is 35.5 Å². The van der Waals surface area contributed by atoms with Crippen LogP contribution in [0.1, 0.15) is 90.4 Å². The van der Waals surface area contributed by atoms with Gasteiger partial charge in [-0.3, -0.25) is 4.79 Å². The van der Waals surface area contributed by atoms with Crippen molar-refractivity contribution in [1.82, 2.24) is 0 Å². The van der Waals surface area contributed by atoms with E-state index >= 15 is 0 Å². The quantitative estimate of drug-likeness (QED) is 0.208. The molecule has 3 aliphatic carbocycles. The van der Waals surface area contributed by atoms with Crippen LogP contribution < -0.4 is 9.47 Å². The summed E-state index contributed by atoms with van der Waals surface area (Å²) in [5, 5.41) is 0. The van der Waals surface area contributed by atoms with Crippen LogP contribution in [0.15, 0.2) is 30.9 Å². The number of halogens is 1.